The molecule has 1 aromatic carbocycles. The zero-order valence-corrected chi connectivity index (χ0v) is 15.6. The Bertz CT molecular complexity index is 1020. The van der Waals surface area contributed by atoms with E-state index in [9.17, 15) is 9.59 Å². The second kappa shape index (κ2) is 7.53. The van der Waals surface area contributed by atoms with Crippen LogP contribution < -0.4 is 5.56 Å². The number of para-hydroxylation sites is 1. The van der Waals surface area contributed by atoms with Gasteiger partial charge in [0.05, 0.1) is 30.3 Å². The molecule has 1 aliphatic heterocycles. The third-order valence-electron chi connectivity index (χ3n) is 4.34. The summed E-state index contributed by atoms with van der Waals surface area (Å²) in [7, 11) is 0. The quantitative estimate of drug-likeness (QED) is 0.540. The molecular weight excluding hydrogens is 366 g/mol. The van der Waals surface area contributed by atoms with Crippen molar-refractivity contribution in [3.05, 3.63) is 46.9 Å². The van der Waals surface area contributed by atoms with E-state index in [2.05, 4.69) is 15.1 Å². The van der Waals surface area contributed by atoms with Crippen molar-refractivity contribution in [2.24, 2.45) is 0 Å². The van der Waals surface area contributed by atoms with E-state index in [4.69, 9.17) is 4.74 Å². The summed E-state index contributed by atoms with van der Waals surface area (Å²) in [4.78, 5) is 33.8. The highest BCUT2D eigenvalue weighted by Crippen LogP contribution is 2.18. The molecule has 9 heteroatoms. The molecule has 4 rings (SSSR count). The maximum atomic E-state index is 12.4. The Labute approximate surface area is 159 Å². The van der Waals surface area contributed by atoms with Crippen LogP contribution >= 0.6 is 11.8 Å². The van der Waals surface area contributed by atoms with Crippen LogP contribution in [0.5, 0.6) is 0 Å². The Morgan fingerprint density at radius 2 is 2.19 bits per heavy atom. The SMILES string of the molecule is C[C@H]1CN(C(=O)CSc2nc3c(cnn3-c3ccccc3)c(=O)[nH]2)CCO1. The maximum Gasteiger partial charge on any atom is 0.262 e. The molecule has 1 saturated heterocycles. The number of rotatable bonds is 4. The fourth-order valence-corrected chi connectivity index (χ4v) is 3.75. The summed E-state index contributed by atoms with van der Waals surface area (Å²) in [5.74, 6) is 0.218. The van der Waals surface area contributed by atoms with Crippen molar-refractivity contribution in [2.45, 2.75) is 18.2 Å². The molecule has 140 valence electrons. The highest BCUT2D eigenvalue weighted by molar-refractivity contribution is 7.99. The first-order chi connectivity index (χ1) is 13.1. The van der Waals surface area contributed by atoms with Gasteiger partial charge in [0, 0.05) is 13.1 Å². The van der Waals surface area contributed by atoms with Crippen molar-refractivity contribution in [3.63, 3.8) is 0 Å². The zero-order chi connectivity index (χ0) is 18.8. The fourth-order valence-electron chi connectivity index (χ4n) is 2.99. The third kappa shape index (κ3) is 3.74. The molecule has 1 atom stereocenters. The molecule has 1 fully saturated rings. The van der Waals surface area contributed by atoms with Crippen molar-refractivity contribution < 1.29 is 9.53 Å². The monoisotopic (exact) mass is 385 g/mol. The van der Waals surface area contributed by atoms with E-state index in [1.807, 2.05) is 37.3 Å². The number of nitrogens with one attached hydrogen (secondary N) is 1. The minimum Gasteiger partial charge on any atom is -0.375 e. The van der Waals surface area contributed by atoms with Gasteiger partial charge in [-0.25, -0.2) is 9.67 Å². The van der Waals surface area contributed by atoms with E-state index < -0.39 is 0 Å². The van der Waals surface area contributed by atoms with E-state index >= 15 is 0 Å². The predicted octanol–water partition coefficient (Wildman–Crippen LogP) is 1.45. The van der Waals surface area contributed by atoms with Gasteiger partial charge in [-0.1, -0.05) is 30.0 Å². The van der Waals surface area contributed by atoms with E-state index in [1.54, 1.807) is 9.58 Å². The number of nitrogens with zero attached hydrogens (tertiary/aromatic N) is 4. The van der Waals surface area contributed by atoms with Crippen LogP contribution in [-0.2, 0) is 9.53 Å². The Morgan fingerprint density at radius 1 is 1.37 bits per heavy atom. The lowest BCUT2D eigenvalue weighted by molar-refractivity contribution is -0.135. The number of H-pyrrole nitrogens is 1. The Balaban J connectivity index is 1.56. The summed E-state index contributed by atoms with van der Waals surface area (Å²) >= 11 is 1.22. The molecule has 27 heavy (non-hydrogen) atoms. The van der Waals surface area contributed by atoms with E-state index in [0.717, 1.165) is 5.69 Å². The fraction of sp³-hybridized carbons (Fsp3) is 0.333. The molecule has 0 saturated carbocycles. The largest absolute Gasteiger partial charge is 0.375 e. The number of hydrogen-bond acceptors (Lipinski definition) is 6. The Morgan fingerprint density at radius 3 is 2.96 bits per heavy atom. The Hall–Kier alpha value is -2.65. The van der Waals surface area contributed by atoms with Crippen molar-refractivity contribution in [1.82, 2.24) is 24.6 Å². The third-order valence-corrected chi connectivity index (χ3v) is 5.20. The highest BCUT2D eigenvalue weighted by Gasteiger charge is 2.21. The molecule has 1 N–H and O–H groups in total. The van der Waals surface area contributed by atoms with Gasteiger partial charge < -0.3 is 14.6 Å². The van der Waals surface area contributed by atoms with Gasteiger partial charge in [0.2, 0.25) is 5.91 Å². The van der Waals surface area contributed by atoms with Crippen molar-refractivity contribution in [3.8, 4) is 5.69 Å². The highest BCUT2D eigenvalue weighted by atomic mass is 32.2. The van der Waals surface area contributed by atoms with Crippen molar-refractivity contribution in [2.75, 3.05) is 25.4 Å². The summed E-state index contributed by atoms with van der Waals surface area (Å²) in [6, 6.07) is 9.49. The summed E-state index contributed by atoms with van der Waals surface area (Å²) in [5.41, 5.74) is 1.02. The van der Waals surface area contributed by atoms with Crippen LogP contribution in [0, 0.1) is 0 Å². The van der Waals surface area contributed by atoms with Gasteiger partial charge in [0.1, 0.15) is 5.39 Å². The summed E-state index contributed by atoms with van der Waals surface area (Å²) in [5, 5.41) is 5.10. The summed E-state index contributed by atoms with van der Waals surface area (Å²) in [6.45, 7) is 3.68. The van der Waals surface area contributed by atoms with Crippen LogP contribution in [0.15, 0.2) is 46.5 Å². The van der Waals surface area contributed by atoms with Crippen LogP contribution in [0.4, 0.5) is 0 Å². The predicted molar refractivity (Wildman–Crippen MR) is 102 cm³/mol. The molecule has 3 aromatic rings. The van der Waals surface area contributed by atoms with Crippen LogP contribution in [0.2, 0.25) is 0 Å². The molecule has 0 aliphatic carbocycles. The molecule has 1 aliphatic rings. The van der Waals surface area contributed by atoms with E-state index in [0.29, 0.717) is 35.9 Å². The second-order valence-corrected chi connectivity index (χ2v) is 7.27. The normalized spacial score (nSPS) is 17.4. The van der Waals surface area contributed by atoms with Gasteiger partial charge in [-0.2, -0.15) is 5.10 Å². The van der Waals surface area contributed by atoms with Gasteiger partial charge in [0.15, 0.2) is 10.8 Å². The first kappa shape index (κ1) is 17.7. The number of amides is 1. The van der Waals surface area contributed by atoms with Crippen LogP contribution in [0.3, 0.4) is 0 Å². The average molecular weight is 385 g/mol. The smallest absolute Gasteiger partial charge is 0.262 e. The van der Waals surface area contributed by atoms with Crippen LogP contribution in [0.1, 0.15) is 6.92 Å². The Kier molecular flexibility index (Phi) is 4.95. The number of benzene rings is 1. The average Bonchev–Trinajstić information content (AvgIpc) is 3.11. The number of ether oxygens (including phenoxy) is 1. The van der Waals surface area contributed by atoms with E-state index in [-0.39, 0.29) is 23.3 Å². The lowest BCUT2D eigenvalue weighted by atomic mass is 10.3. The molecule has 8 nitrogen and oxygen atoms in total. The number of thioether (sulfide) groups is 1. The number of aromatic nitrogens is 4. The van der Waals surface area contributed by atoms with E-state index in [1.165, 1.54) is 18.0 Å². The molecule has 0 radical (unpaired) electrons. The molecule has 1 amide bonds. The molecule has 0 spiro atoms. The van der Waals surface area contributed by atoms with Gasteiger partial charge in [-0.3, -0.25) is 9.59 Å². The minimum atomic E-state index is -0.267. The van der Waals surface area contributed by atoms with Crippen molar-refractivity contribution in [1.29, 1.82) is 0 Å². The van der Waals surface area contributed by atoms with Gasteiger partial charge >= 0.3 is 0 Å². The molecule has 0 bridgehead atoms. The van der Waals surface area contributed by atoms with Gasteiger partial charge in [-0.05, 0) is 19.1 Å². The standard InChI is InChI=1S/C18H19N5O3S/c1-12-10-22(7-8-26-12)15(24)11-27-18-20-16-14(17(25)21-18)9-19-23(16)13-5-3-2-4-6-13/h2-6,9,12H,7-8,10-11H2,1H3,(H,20,21,25)/t12-/m0/s1. The van der Waals surface area contributed by atoms with Crippen LogP contribution in [-0.4, -0.2) is 62.1 Å². The van der Waals surface area contributed by atoms with Crippen molar-refractivity contribution >= 4 is 28.7 Å². The minimum absolute atomic E-state index is 0.00876. The number of fused-ring (bicyclic) bond motifs is 1. The molecular formula is C18H19N5O3S. The number of hydrogen-bond donors (Lipinski definition) is 1. The van der Waals surface area contributed by atoms with Crippen LogP contribution in [0.25, 0.3) is 16.7 Å². The second-order valence-electron chi connectivity index (χ2n) is 6.31. The topological polar surface area (TPSA) is 93.1 Å². The number of carbonyl (C=O) groups is 1. The van der Waals surface area contributed by atoms with Gasteiger partial charge in [0.25, 0.3) is 5.56 Å². The molecule has 0 unspecified atom stereocenters. The number of aromatic amines is 1. The lowest BCUT2D eigenvalue weighted by Gasteiger charge is -2.31. The van der Waals surface area contributed by atoms with Gasteiger partial charge in [-0.15, -0.1) is 0 Å². The molecule has 2 aromatic heterocycles. The summed E-state index contributed by atoms with van der Waals surface area (Å²) in [6.07, 6.45) is 1.55. The first-order valence-corrected chi connectivity index (χ1v) is 9.66. The zero-order valence-electron chi connectivity index (χ0n) is 14.8. The summed E-state index contributed by atoms with van der Waals surface area (Å²) < 4.78 is 7.09. The first-order valence-electron chi connectivity index (χ1n) is 8.67. The number of morpholine rings is 1. The number of carbonyl (C=O) groups excluding carboxylic acids is 1. The molecule has 3 heterocycles. The maximum absolute atomic E-state index is 12.4. The lowest BCUT2D eigenvalue weighted by Crippen LogP contribution is -2.45.